The van der Waals surface area contributed by atoms with Gasteiger partial charge in [0.2, 0.25) is 0 Å². The minimum atomic E-state index is -0.778. The molecule has 3 fully saturated rings. The number of piperidine rings is 1. The van der Waals surface area contributed by atoms with Gasteiger partial charge in [-0.25, -0.2) is 0 Å². The van der Waals surface area contributed by atoms with Crippen molar-refractivity contribution in [3.63, 3.8) is 0 Å². The number of hydrogen-bond acceptors (Lipinski definition) is 4. The molecule has 3 N–H and O–H groups in total. The number of nitrogens with one attached hydrogen (secondary N) is 1. The molecule has 4 nitrogen and oxygen atoms in total. The summed E-state index contributed by atoms with van der Waals surface area (Å²) < 4.78 is 5.66. The number of ether oxygens (including phenoxy) is 1. The lowest BCUT2D eigenvalue weighted by molar-refractivity contribution is -0.163. The van der Waals surface area contributed by atoms with Crippen LogP contribution >= 0.6 is 0 Å². The van der Waals surface area contributed by atoms with Gasteiger partial charge in [0, 0.05) is 11.5 Å². The van der Waals surface area contributed by atoms with Gasteiger partial charge in [0.1, 0.15) is 5.75 Å². The van der Waals surface area contributed by atoms with Crippen molar-refractivity contribution < 1.29 is 14.9 Å². The van der Waals surface area contributed by atoms with E-state index in [2.05, 4.69) is 24.4 Å². The summed E-state index contributed by atoms with van der Waals surface area (Å²) in [6.07, 6.45) is 6.54. The number of hydrogen-bond donors (Lipinski definition) is 3. The molecule has 1 saturated heterocycles. The highest BCUT2D eigenvalue weighted by Crippen LogP contribution is 2.58. The van der Waals surface area contributed by atoms with Crippen LogP contribution in [0, 0.1) is 11.8 Å². The predicted octanol–water partition coefficient (Wildman–Crippen LogP) is 2.33. The Hall–Kier alpha value is -1.10. The van der Waals surface area contributed by atoms with Gasteiger partial charge in [0.05, 0.1) is 18.8 Å². The first kappa shape index (κ1) is 17.0. The summed E-state index contributed by atoms with van der Waals surface area (Å²) in [4.78, 5) is 0. The molecule has 5 rings (SSSR count). The smallest absolute Gasteiger partial charge is 0.119 e. The van der Waals surface area contributed by atoms with Crippen LogP contribution in [0.4, 0.5) is 0 Å². The molecule has 0 radical (unpaired) electrons. The lowest BCUT2D eigenvalue weighted by atomic mass is 9.48. The first-order chi connectivity index (χ1) is 12.5. The summed E-state index contributed by atoms with van der Waals surface area (Å²) in [5.74, 6) is 1.85. The second-order valence-corrected chi connectivity index (χ2v) is 9.38. The molecule has 26 heavy (non-hydrogen) atoms. The van der Waals surface area contributed by atoms with E-state index in [1.165, 1.54) is 29.5 Å². The first-order valence-corrected chi connectivity index (χ1v) is 10.3. The van der Waals surface area contributed by atoms with Gasteiger partial charge in [-0.1, -0.05) is 6.92 Å². The molecule has 2 saturated carbocycles. The molecule has 2 bridgehead atoms. The van der Waals surface area contributed by atoms with Crippen molar-refractivity contribution in [3.8, 4) is 5.75 Å². The zero-order chi connectivity index (χ0) is 18.1. The minimum Gasteiger partial charge on any atom is -0.497 e. The van der Waals surface area contributed by atoms with E-state index in [1.807, 2.05) is 0 Å². The predicted molar refractivity (Wildman–Crippen MR) is 101 cm³/mol. The van der Waals surface area contributed by atoms with Crippen LogP contribution in [-0.4, -0.2) is 41.6 Å². The Morgan fingerprint density at radius 3 is 2.81 bits per heavy atom. The van der Waals surface area contributed by atoms with Gasteiger partial charge in [-0.05, 0) is 92.1 Å². The molecule has 1 aromatic rings. The quantitative estimate of drug-likeness (QED) is 0.777. The van der Waals surface area contributed by atoms with Crippen LogP contribution in [0.3, 0.4) is 0 Å². The zero-order valence-electron chi connectivity index (χ0n) is 15.9. The lowest BCUT2D eigenvalue weighted by Gasteiger charge is -2.63. The second-order valence-electron chi connectivity index (χ2n) is 9.38. The number of fused-ring (bicyclic) bond motifs is 1. The standard InChI is InChI=1S/C22H31NO3/c1-13-11-22(25)20-10-17-15(7-14-3-4-14)8-16(26-2)9-18(17)21(22,5-6-23-20)12-19(13)24/h8-9,13-14,19-20,23-25H,3-7,10-12H2,1-2H3. The van der Waals surface area contributed by atoms with Crippen LogP contribution in [-0.2, 0) is 18.3 Å². The molecule has 0 spiro atoms. The highest BCUT2D eigenvalue weighted by Gasteiger charge is 2.64. The molecule has 1 aliphatic heterocycles. The van der Waals surface area contributed by atoms with Crippen molar-refractivity contribution in [2.75, 3.05) is 13.7 Å². The average molecular weight is 357 g/mol. The summed E-state index contributed by atoms with van der Waals surface area (Å²) in [5, 5.41) is 26.3. The van der Waals surface area contributed by atoms with Crippen molar-refractivity contribution in [2.24, 2.45) is 11.8 Å². The monoisotopic (exact) mass is 357 g/mol. The Kier molecular flexibility index (Phi) is 3.73. The molecule has 0 amide bonds. The molecular formula is C22H31NO3. The van der Waals surface area contributed by atoms with Crippen molar-refractivity contribution in [1.82, 2.24) is 5.32 Å². The Labute approximate surface area is 155 Å². The third kappa shape index (κ3) is 2.25. The van der Waals surface area contributed by atoms with Crippen LogP contribution in [0.2, 0.25) is 0 Å². The SMILES string of the molecule is COc1cc(CC2CC2)c2c(c1)C13CCNC(C2)C1(O)CC(C)C(O)C3. The maximum atomic E-state index is 11.9. The van der Waals surface area contributed by atoms with Crippen LogP contribution in [0.25, 0.3) is 0 Å². The van der Waals surface area contributed by atoms with Gasteiger partial charge in [-0.2, -0.15) is 0 Å². The van der Waals surface area contributed by atoms with Crippen molar-refractivity contribution in [2.45, 2.75) is 75.0 Å². The first-order valence-electron chi connectivity index (χ1n) is 10.3. The number of methoxy groups -OCH3 is 1. The molecule has 3 aliphatic carbocycles. The molecule has 142 valence electrons. The molecule has 4 heteroatoms. The van der Waals surface area contributed by atoms with E-state index in [-0.39, 0.29) is 23.5 Å². The van der Waals surface area contributed by atoms with Crippen LogP contribution in [0.1, 0.15) is 55.7 Å². The normalized spacial score (nSPS) is 41.3. The third-order valence-electron chi connectivity index (χ3n) is 7.88. The topological polar surface area (TPSA) is 61.7 Å². The highest BCUT2D eigenvalue weighted by molar-refractivity contribution is 5.53. The molecule has 1 aromatic carbocycles. The van der Waals surface area contributed by atoms with Crippen LogP contribution < -0.4 is 10.1 Å². The van der Waals surface area contributed by atoms with E-state index in [9.17, 15) is 10.2 Å². The lowest BCUT2D eigenvalue weighted by Crippen LogP contribution is -2.74. The number of aliphatic hydroxyl groups is 2. The maximum Gasteiger partial charge on any atom is 0.119 e. The molecule has 5 unspecified atom stereocenters. The van der Waals surface area contributed by atoms with Crippen LogP contribution in [0.15, 0.2) is 12.1 Å². The Morgan fingerprint density at radius 1 is 1.27 bits per heavy atom. The van der Waals surface area contributed by atoms with E-state index in [0.29, 0.717) is 12.8 Å². The van der Waals surface area contributed by atoms with Crippen LogP contribution in [0.5, 0.6) is 5.75 Å². The fourth-order valence-corrected chi connectivity index (χ4v) is 6.21. The van der Waals surface area contributed by atoms with Gasteiger partial charge in [-0.3, -0.25) is 0 Å². The molecule has 1 heterocycles. The Morgan fingerprint density at radius 2 is 2.08 bits per heavy atom. The molecule has 0 aromatic heterocycles. The van der Waals surface area contributed by atoms with E-state index < -0.39 is 5.60 Å². The number of benzene rings is 1. The van der Waals surface area contributed by atoms with E-state index in [1.54, 1.807) is 7.11 Å². The average Bonchev–Trinajstić information content (AvgIpc) is 3.40. The fourth-order valence-electron chi connectivity index (χ4n) is 6.21. The maximum absolute atomic E-state index is 11.9. The Balaban J connectivity index is 1.70. The van der Waals surface area contributed by atoms with Gasteiger partial charge in [0.25, 0.3) is 0 Å². The van der Waals surface area contributed by atoms with Gasteiger partial charge >= 0.3 is 0 Å². The van der Waals surface area contributed by atoms with E-state index in [4.69, 9.17) is 4.74 Å². The van der Waals surface area contributed by atoms with E-state index in [0.717, 1.165) is 37.5 Å². The molecular weight excluding hydrogens is 326 g/mol. The van der Waals surface area contributed by atoms with Crippen molar-refractivity contribution in [1.29, 1.82) is 0 Å². The van der Waals surface area contributed by atoms with Gasteiger partial charge in [0.15, 0.2) is 0 Å². The van der Waals surface area contributed by atoms with Crippen molar-refractivity contribution in [3.05, 3.63) is 28.8 Å². The summed E-state index contributed by atoms with van der Waals surface area (Å²) in [5.41, 5.74) is 2.96. The van der Waals surface area contributed by atoms with E-state index >= 15 is 0 Å². The largest absolute Gasteiger partial charge is 0.497 e. The zero-order valence-corrected chi connectivity index (χ0v) is 15.9. The van der Waals surface area contributed by atoms with Gasteiger partial charge in [-0.15, -0.1) is 0 Å². The fraction of sp³-hybridized carbons (Fsp3) is 0.727. The van der Waals surface area contributed by atoms with Gasteiger partial charge < -0.3 is 20.3 Å². The summed E-state index contributed by atoms with van der Waals surface area (Å²) in [6.45, 7) is 2.98. The highest BCUT2D eigenvalue weighted by atomic mass is 16.5. The Bertz CT molecular complexity index is 730. The summed E-state index contributed by atoms with van der Waals surface area (Å²) in [7, 11) is 1.73. The number of rotatable bonds is 3. The minimum absolute atomic E-state index is 0.0880. The summed E-state index contributed by atoms with van der Waals surface area (Å²) >= 11 is 0. The summed E-state index contributed by atoms with van der Waals surface area (Å²) in [6, 6.07) is 4.47. The second kappa shape index (κ2) is 5.70. The number of aliphatic hydroxyl groups excluding tert-OH is 1. The molecule has 5 atom stereocenters. The third-order valence-corrected chi connectivity index (χ3v) is 7.88. The van der Waals surface area contributed by atoms with Crippen molar-refractivity contribution >= 4 is 0 Å². The molecule has 4 aliphatic rings.